The monoisotopic (exact) mass is 597 g/mol. The van der Waals surface area contributed by atoms with Gasteiger partial charge in [0.25, 0.3) is 5.91 Å². The minimum atomic E-state index is -0.523. The second kappa shape index (κ2) is 10.5. The maximum Gasteiger partial charge on any atom is 0.396 e. The van der Waals surface area contributed by atoms with Crippen molar-refractivity contribution in [2.24, 2.45) is 0 Å². The van der Waals surface area contributed by atoms with Crippen molar-refractivity contribution in [1.82, 2.24) is 4.90 Å². The standard InChI is InChI=1S/C26H16BrNO5S3/c27-17-8-6-16(7-9-17)22-18(10-11-19-23(22)36-26(31)33-19)32-21(29)12-13-28-24(30)20(35-25(28)34)14-15-4-2-1-3-5-15/h1-11,14H,12-13H2/b20-14+. The smallest absolute Gasteiger partial charge is 0.396 e. The second-order valence-corrected chi connectivity index (χ2v) is 11.2. The van der Waals surface area contributed by atoms with Crippen LogP contribution in [-0.4, -0.2) is 27.6 Å². The molecule has 0 spiro atoms. The summed E-state index contributed by atoms with van der Waals surface area (Å²) in [6.45, 7) is 0.102. The molecule has 0 atom stereocenters. The molecule has 1 saturated heterocycles. The van der Waals surface area contributed by atoms with Crippen molar-refractivity contribution in [2.45, 2.75) is 6.42 Å². The molecule has 0 bridgehead atoms. The molecule has 180 valence electrons. The molecule has 1 aliphatic heterocycles. The zero-order valence-electron chi connectivity index (χ0n) is 18.4. The minimum absolute atomic E-state index is 0.0511. The maximum atomic E-state index is 12.9. The van der Waals surface area contributed by atoms with Crippen molar-refractivity contribution in [3.8, 4) is 16.9 Å². The lowest BCUT2D eigenvalue weighted by Gasteiger charge is -2.15. The fourth-order valence-corrected chi connectivity index (χ4v) is 6.07. The van der Waals surface area contributed by atoms with E-state index in [1.807, 2.05) is 54.6 Å². The van der Waals surface area contributed by atoms with Crippen LogP contribution >= 0.6 is 51.2 Å². The third-order valence-corrected chi connectivity index (χ3v) is 8.10. The van der Waals surface area contributed by atoms with Gasteiger partial charge in [-0.1, -0.05) is 93.7 Å². The molecule has 6 nitrogen and oxygen atoms in total. The summed E-state index contributed by atoms with van der Waals surface area (Å²) in [5, 5.41) is 0. The molecule has 0 radical (unpaired) electrons. The Morgan fingerprint density at radius 3 is 2.56 bits per heavy atom. The quantitative estimate of drug-likeness (QED) is 0.109. The van der Waals surface area contributed by atoms with Gasteiger partial charge in [0, 0.05) is 16.6 Å². The largest absolute Gasteiger partial charge is 0.426 e. The predicted molar refractivity (Wildman–Crippen MR) is 150 cm³/mol. The Morgan fingerprint density at radius 1 is 1.06 bits per heavy atom. The third kappa shape index (κ3) is 5.22. The molecule has 0 aliphatic carbocycles. The normalized spacial score (nSPS) is 14.7. The molecule has 3 aromatic carbocycles. The molecule has 4 aromatic rings. The number of ether oxygens (including phenoxy) is 1. The first-order valence-corrected chi connectivity index (χ1v) is 13.6. The molecule has 2 heterocycles. The number of thiocarbonyl (C=S) groups is 1. The molecular formula is C26H16BrNO5S3. The van der Waals surface area contributed by atoms with E-state index in [-0.39, 0.29) is 18.9 Å². The summed E-state index contributed by atoms with van der Waals surface area (Å²) in [4.78, 5) is 39.1. The zero-order valence-corrected chi connectivity index (χ0v) is 22.5. The number of rotatable bonds is 6. The van der Waals surface area contributed by atoms with Crippen LogP contribution in [0.15, 0.2) is 85.3 Å². The van der Waals surface area contributed by atoms with E-state index < -0.39 is 10.9 Å². The van der Waals surface area contributed by atoms with E-state index in [1.165, 1.54) is 16.7 Å². The van der Waals surface area contributed by atoms with Crippen LogP contribution in [0.3, 0.4) is 0 Å². The van der Waals surface area contributed by atoms with E-state index in [4.69, 9.17) is 21.4 Å². The van der Waals surface area contributed by atoms with E-state index in [0.717, 1.165) is 26.9 Å². The Kier molecular flexibility index (Phi) is 7.20. The number of carbonyl (C=O) groups excluding carboxylic acids is 2. The van der Waals surface area contributed by atoms with Gasteiger partial charge in [0.05, 0.1) is 16.0 Å². The van der Waals surface area contributed by atoms with Gasteiger partial charge in [0.1, 0.15) is 15.7 Å². The number of fused-ring (bicyclic) bond motifs is 1. The number of hydrogen-bond acceptors (Lipinski definition) is 8. The number of hydrogen-bond donors (Lipinski definition) is 0. The average molecular weight is 599 g/mol. The van der Waals surface area contributed by atoms with Crippen molar-refractivity contribution in [2.75, 3.05) is 6.54 Å². The van der Waals surface area contributed by atoms with Gasteiger partial charge in [-0.15, -0.1) is 0 Å². The molecular weight excluding hydrogens is 582 g/mol. The lowest BCUT2D eigenvalue weighted by molar-refractivity contribution is -0.134. The van der Waals surface area contributed by atoms with Gasteiger partial charge in [0.15, 0.2) is 0 Å². The third-order valence-electron chi connectivity index (χ3n) is 5.33. The molecule has 0 saturated carbocycles. The second-order valence-electron chi connectivity index (χ2n) is 7.70. The van der Waals surface area contributed by atoms with Crippen molar-refractivity contribution in [1.29, 1.82) is 0 Å². The maximum absolute atomic E-state index is 12.9. The topological polar surface area (TPSA) is 76.8 Å². The lowest BCUT2D eigenvalue weighted by atomic mass is 10.0. The van der Waals surface area contributed by atoms with Gasteiger partial charge < -0.3 is 9.15 Å². The first kappa shape index (κ1) is 24.6. The molecule has 0 unspecified atom stereocenters. The lowest BCUT2D eigenvalue weighted by Crippen LogP contribution is -2.31. The van der Waals surface area contributed by atoms with E-state index >= 15 is 0 Å². The number of halogens is 1. The van der Waals surface area contributed by atoms with Crippen LogP contribution < -0.4 is 9.68 Å². The number of amides is 1. The Morgan fingerprint density at radius 2 is 1.81 bits per heavy atom. The molecule has 10 heteroatoms. The molecule has 36 heavy (non-hydrogen) atoms. The number of thioether (sulfide) groups is 1. The van der Waals surface area contributed by atoms with Crippen LogP contribution in [-0.2, 0) is 9.59 Å². The minimum Gasteiger partial charge on any atom is -0.426 e. The fourth-order valence-electron chi connectivity index (χ4n) is 3.67. The highest BCUT2D eigenvalue weighted by Crippen LogP contribution is 2.39. The van der Waals surface area contributed by atoms with Crippen LogP contribution in [0.4, 0.5) is 0 Å². The fraction of sp³-hybridized carbons (Fsp3) is 0.0769. The Bertz CT molecular complexity index is 1570. The first-order valence-electron chi connectivity index (χ1n) is 10.7. The average Bonchev–Trinajstić information content (AvgIpc) is 3.37. The van der Waals surface area contributed by atoms with Crippen LogP contribution in [0, 0.1) is 0 Å². The first-order chi connectivity index (χ1) is 17.4. The zero-order chi connectivity index (χ0) is 25.2. The van der Waals surface area contributed by atoms with E-state index in [9.17, 15) is 14.4 Å². The Hall–Kier alpha value is -3.05. The summed E-state index contributed by atoms with van der Waals surface area (Å²) in [5.41, 5.74) is 2.69. The highest BCUT2D eigenvalue weighted by atomic mass is 79.9. The van der Waals surface area contributed by atoms with E-state index in [1.54, 1.807) is 18.2 Å². The van der Waals surface area contributed by atoms with Gasteiger partial charge in [-0.25, -0.2) is 4.79 Å². The van der Waals surface area contributed by atoms with Gasteiger partial charge in [-0.05, 0) is 41.5 Å². The Balaban J connectivity index is 1.34. The van der Waals surface area contributed by atoms with Gasteiger partial charge in [-0.3, -0.25) is 14.5 Å². The van der Waals surface area contributed by atoms with Crippen molar-refractivity contribution in [3.05, 3.63) is 91.4 Å². The number of nitrogens with zero attached hydrogens (tertiary/aromatic N) is 1. The SMILES string of the molecule is O=C(CCN1C(=O)/C(=C\c2ccccc2)SC1=S)Oc1ccc2oc(=O)sc2c1-c1ccc(Br)cc1. The van der Waals surface area contributed by atoms with Crippen molar-refractivity contribution in [3.63, 3.8) is 0 Å². The summed E-state index contributed by atoms with van der Waals surface area (Å²) >= 11 is 11.0. The molecule has 5 rings (SSSR count). The highest BCUT2D eigenvalue weighted by Gasteiger charge is 2.32. The van der Waals surface area contributed by atoms with Crippen LogP contribution in [0.2, 0.25) is 0 Å². The molecule has 1 amide bonds. The van der Waals surface area contributed by atoms with Crippen LogP contribution in [0.1, 0.15) is 12.0 Å². The predicted octanol–water partition coefficient (Wildman–Crippen LogP) is 6.48. The van der Waals surface area contributed by atoms with Crippen LogP contribution in [0.5, 0.6) is 5.75 Å². The number of esters is 1. The summed E-state index contributed by atoms with van der Waals surface area (Å²) in [5.74, 6) is -0.451. The van der Waals surface area contributed by atoms with Gasteiger partial charge in [0.2, 0.25) is 0 Å². The number of carbonyl (C=O) groups is 2. The van der Waals surface area contributed by atoms with Gasteiger partial charge >= 0.3 is 10.9 Å². The number of benzene rings is 3. The van der Waals surface area contributed by atoms with Crippen molar-refractivity contribution >= 4 is 83.8 Å². The molecule has 1 aromatic heterocycles. The van der Waals surface area contributed by atoms with E-state index in [2.05, 4.69) is 15.9 Å². The molecule has 1 aliphatic rings. The molecule has 1 fully saturated rings. The highest BCUT2D eigenvalue weighted by molar-refractivity contribution is 9.10. The van der Waals surface area contributed by atoms with Crippen molar-refractivity contribution < 1.29 is 18.7 Å². The van der Waals surface area contributed by atoms with E-state index in [0.29, 0.717) is 30.8 Å². The Labute approximate surface area is 227 Å². The van der Waals surface area contributed by atoms with Crippen LogP contribution in [0.25, 0.3) is 27.5 Å². The molecule has 0 N–H and O–H groups in total. The summed E-state index contributed by atoms with van der Waals surface area (Å²) in [6.07, 6.45) is 1.73. The summed E-state index contributed by atoms with van der Waals surface area (Å²) < 4.78 is 12.8. The summed E-state index contributed by atoms with van der Waals surface area (Å²) in [7, 11) is 0. The van der Waals surface area contributed by atoms with Gasteiger partial charge in [-0.2, -0.15) is 0 Å². The summed E-state index contributed by atoms with van der Waals surface area (Å²) in [6, 6.07) is 20.2.